The zero-order valence-corrected chi connectivity index (χ0v) is 20.7. The van der Waals surface area contributed by atoms with Crippen molar-refractivity contribution in [2.75, 3.05) is 14.2 Å². The maximum absolute atomic E-state index is 13.0. The molecule has 0 spiro atoms. The van der Waals surface area contributed by atoms with E-state index in [9.17, 15) is 14.4 Å². The molecule has 0 unspecified atom stereocenters. The van der Waals surface area contributed by atoms with Crippen LogP contribution in [0.2, 0.25) is 0 Å². The number of hydrogen-bond acceptors (Lipinski definition) is 9. The van der Waals surface area contributed by atoms with Gasteiger partial charge in [-0.15, -0.1) is 0 Å². The van der Waals surface area contributed by atoms with Gasteiger partial charge in [-0.25, -0.2) is 0 Å². The summed E-state index contributed by atoms with van der Waals surface area (Å²) < 4.78 is 17.6. The van der Waals surface area contributed by atoms with Gasteiger partial charge in [0.2, 0.25) is 4.96 Å². The Kier molecular flexibility index (Phi) is 6.75. The Bertz CT molecular complexity index is 1560. The Labute approximate surface area is 205 Å². The molecule has 0 amide bonds. The van der Waals surface area contributed by atoms with Crippen LogP contribution in [0.3, 0.4) is 0 Å². The molecule has 2 aromatic carbocycles. The number of carbonyl (C=O) groups excluding carboxylic acids is 1. The van der Waals surface area contributed by atoms with Gasteiger partial charge in [-0.05, 0) is 57.4 Å². The van der Waals surface area contributed by atoms with Crippen LogP contribution in [0.15, 0.2) is 50.5 Å². The molecule has 0 saturated heterocycles. The van der Waals surface area contributed by atoms with Gasteiger partial charge in [-0.2, -0.15) is 14.6 Å². The number of halogens is 1. The van der Waals surface area contributed by atoms with Crippen molar-refractivity contribution in [3.05, 3.63) is 82.9 Å². The minimum absolute atomic E-state index is 0.166. The lowest BCUT2D eigenvalue weighted by molar-refractivity contribution is -0.132. The highest BCUT2D eigenvalue weighted by Crippen LogP contribution is 2.37. The topological polar surface area (TPSA) is 109 Å². The fourth-order valence-electron chi connectivity index (χ4n) is 3.21. The van der Waals surface area contributed by atoms with E-state index in [1.165, 1.54) is 14.0 Å². The van der Waals surface area contributed by atoms with Gasteiger partial charge in [0.15, 0.2) is 11.5 Å². The van der Waals surface area contributed by atoms with Gasteiger partial charge >= 0.3 is 5.97 Å². The second-order valence-electron chi connectivity index (χ2n) is 7.13. The molecule has 0 aliphatic carbocycles. The first-order valence-electron chi connectivity index (χ1n) is 9.92. The third-order valence-electron chi connectivity index (χ3n) is 4.78. The number of rotatable bonds is 6. The van der Waals surface area contributed by atoms with Crippen molar-refractivity contribution < 1.29 is 19.0 Å². The van der Waals surface area contributed by atoms with E-state index in [0.717, 1.165) is 21.4 Å². The molecule has 0 fully saturated rings. The van der Waals surface area contributed by atoms with Crippen molar-refractivity contribution in [3.8, 4) is 17.2 Å². The summed E-state index contributed by atoms with van der Waals surface area (Å²) in [5, 5.41) is 4.27. The molecule has 4 aromatic rings. The fraction of sp³-hybridized carbons (Fsp3) is 0.174. The molecular weight excluding hydrogens is 526 g/mol. The van der Waals surface area contributed by atoms with Gasteiger partial charge in [0, 0.05) is 13.3 Å². The Morgan fingerprint density at radius 1 is 1.15 bits per heavy atom. The predicted molar refractivity (Wildman–Crippen MR) is 130 cm³/mol. The van der Waals surface area contributed by atoms with Gasteiger partial charge in [-0.1, -0.05) is 23.5 Å². The average molecular weight is 544 g/mol. The van der Waals surface area contributed by atoms with Crippen molar-refractivity contribution in [2.24, 2.45) is 0 Å². The van der Waals surface area contributed by atoms with E-state index in [-0.39, 0.29) is 22.8 Å². The van der Waals surface area contributed by atoms with Crippen LogP contribution in [0, 0.1) is 0 Å². The summed E-state index contributed by atoms with van der Waals surface area (Å²) >= 11 is 4.41. The number of nitrogens with zero attached hydrogens (tertiary/aromatic N) is 3. The van der Waals surface area contributed by atoms with Crippen LogP contribution in [0.5, 0.6) is 17.2 Å². The van der Waals surface area contributed by atoms with Crippen molar-refractivity contribution in [3.63, 3.8) is 0 Å². The number of fused-ring (bicyclic) bond motifs is 1. The molecule has 11 heteroatoms. The SMILES string of the molecule is COc1ccc(Cc2nn3c(=O)c(=Cc4cc(Br)c(OC(C)=O)c(OC)c4)sc3nc2=O)cc1. The molecule has 0 radical (unpaired) electrons. The summed E-state index contributed by atoms with van der Waals surface area (Å²) in [6.45, 7) is 1.29. The molecule has 0 bridgehead atoms. The molecule has 0 atom stereocenters. The monoisotopic (exact) mass is 543 g/mol. The molecule has 0 N–H and O–H groups in total. The fourth-order valence-corrected chi connectivity index (χ4v) is 4.65. The normalized spacial score (nSPS) is 11.6. The van der Waals surface area contributed by atoms with Crippen LogP contribution in [0.4, 0.5) is 0 Å². The van der Waals surface area contributed by atoms with Crippen molar-refractivity contribution >= 4 is 44.3 Å². The first-order chi connectivity index (χ1) is 16.3. The number of hydrogen-bond donors (Lipinski definition) is 0. The maximum Gasteiger partial charge on any atom is 0.308 e. The molecule has 174 valence electrons. The summed E-state index contributed by atoms with van der Waals surface area (Å²) in [4.78, 5) is 41.1. The smallest absolute Gasteiger partial charge is 0.308 e. The van der Waals surface area contributed by atoms with Gasteiger partial charge in [-0.3, -0.25) is 14.4 Å². The molecule has 9 nitrogen and oxygen atoms in total. The average Bonchev–Trinajstić information content (AvgIpc) is 3.10. The summed E-state index contributed by atoms with van der Waals surface area (Å²) in [5.41, 5.74) is 0.733. The van der Waals surface area contributed by atoms with Gasteiger partial charge in [0.1, 0.15) is 11.4 Å². The van der Waals surface area contributed by atoms with Crippen LogP contribution >= 0.6 is 27.3 Å². The van der Waals surface area contributed by atoms with E-state index in [1.807, 2.05) is 12.1 Å². The van der Waals surface area contributed by atoms with Crippen molar-refractivity contribution in [1.29, 1.82) is 0 Å². The van der Waals surface area contributed by atoms with Crippen molar-refractivity contribution in [1.82, 2.24) is 14.6 Å². The second kappa shape index (κ2) is 9.74. The Hall–Kier alpha value is -3.57. The summed E-state index contributed by atoms with van der Waals surface area (Å²) in [7, 11) is 3.02. The Balaban J connectivity index is 1.75. The van der Waals surface area contributed by atoms with E-state index in [2.05, 4.69) is 26.0 Å². The molecule has 0 saturated carbocycles. The first kappa shape index (κ1) is 23.6. The van der Waals surface area contributed by atoms with Crippen LogP contribution in [-0.4, -0.2) is 34.8 Å². The van der Waals surface area contributed by atoms with Gasteiger partial charge in [0.25, 0.3) is 11.1 Å². The van der Waals surface area contributed by atoms with E-state index < -0.39 is 17.1 Å². The first-order valence-corrected chi connectivity index (χ1v) is 11.5. The molecule has 34 heavy (non-hydrogen) atoms. The lowest BCUT2D eigenvalue weighted by Crippen LogP contribution is -2.28. The third-order valence-corrected chi connectivity index (χ3v) is 6.32. The second-order valence-corrected chi connectivity index (χ2v) is 8.99. The molecule has 0 aliphatic rings. The highest BCUT2D eigenvalue weighted by Gasteiger charge is 2.15. The molecule has 2 aromatic heterocycles. The lowest BCUT2D eigenvalue weighted by atomic mass is 10.1. The van der Waals surface area contributed by atoms with Gasteiger partial charge in [0.05, 0.1) is 23.2 Å². The van der Waals surface area contributed by atoms with E-state index in [4.69, 9.17) is 14.2 Å². The van der Waals surface area contributed by atoms with Crippen molar-refractivity contribution in [2.45, 2.75) is 13.3 Å². The molecule has 4 rings (SSSR count). The summed E-state index contributed by atoms with van der Waals surface area (Å²) in [6.07, 6.45) is 1.86. The number of aromatic nitrogens is 3. The zero-order chi connectivity index (χ0) is 24.4. The zero-order valence-electron chi connectivity index (χ0n) is 18.3. The number of ether oxygens (including phenoxy) is 3. The molecule has 0 aliphatic heterocycles. The minimum Gasteiger partial charge on any atom is -0.497 e. The predicted octanol–water partition coefficient (Wildman–Crippen LogP) is 2.35. The Morgan fingerprint density at radius 3 is 2.53 bits per heavy atom. The maximum atomic E-state index is 13.0. The lowest BCUT2D eigenvalue weighted by Gasteiger charge is -2.10. The molecular formula is C23H18BrN3O6S. The van der Waals surface area contributed by atoms with Crippen LogP contribution in [0.1, 0.15) is 23.7 Å². The standard InChI is InChI=1S/C23H18BrN3O6S/c1-12(28)33-20-16(24)8-14(10-18(20)32-3)11-19-22(30)27-23(34-19)25-21(29)17(26-27)9-13-4-6-15(31-2)7-5-13/h4-8,10-11H,9H2,1-3H3. The van der Waals surface area contributed by atoms with E-state index >= 15 is 0 Å². The van der Waals surface area contributed by atoms with Crippen LogP contribution < -0.4 is 29.9 Å². The van der Waals surface area contributed by atoms with E-state index in [0.29, 0.717) is 26.1 Å². The highest BCUT2D eigenvalue weighted by atomic mass is 79.9. The van der Waals surface area contributed by atoms with Gasteiger partial charge < -0.3 is 14.2 Å². The number of thiazole rings is 1. The summed E-state index contributed by atoms with van der Waals surface area (Å²) in [5.74, 6) is 0.764. The number of carbonyl (C=O) groups is 1. The number of methoxy groups -OCH3 is 2. The van der Waals surface area contributed by atoms with Crippen LogP contribution in [0.25, 0.3) is 11.0 Å². The minimum atomic E-state index is -0.491. The largest absolute Gasteiger partial charge is 0.497 e. The van der Waals surface area contributed by atoms with E-state index in [1.54, 1.807) is 37.5 Å². The quantitative estimate of drug-likeness (QED) is 0.269. The highest BCUT2D eigenvalue weighted by molar-refractivity contribution is 9.10. The van der Waals surface area contributed by atoms with Crippen LogP contribution in [-0.2, 0) is 11.2 Å². The summed E-state index contributed by atoms with van der Waals surface area (Å²) in [6, 6.07) is 10.5. The molecule has 2 heterocycles. The third kappa shape index (κ3) is 4.85. The number of esters is 1. The number of benzene rings is 2. The Morgan fingerprint density at radius 2 is 1.88 bits per heavy atom.